The first kappa shape index (κ1) is 19.2. The lowest BCUT2D eigenvalue weighted by atomic mass is 9.90. The Balaban J connectivity index is 2.05. The van der Waals surface area contributed by atoms with Gasteiger partial charge in [-0.05, 0) is 69.3 Å². The molecule has 2 aromatic carbocycles. The summed E-state index contributed by atoms with van der Waals surface area (Å²) in [6.45, 7) is 4.57. The van der Waals surface area contributed by atoms with Crippen LogP contribution in [-0.4, -0.2) is 24.7 Å². The van der Waals surface area contributed by atoms with Crippen molar-refractivity contribution in [3.8, 4) is 5.75 Å². The zero-order chi connectivity index (χ0) is 19.3. The molecule has 2 aromatic rings. The number of anilines is 2. The van der Waals surface area contributed by atoms with E-state index in [1.807, 2.05) is 0 Å². The third-order valence-electron chi connectivity index (χ3n) is 4.03. The van der Waals surface area contributed by atoms with Crippen molar-refractivity contribution in [3.63, 3.8) is 0 Å². The van der Waals surface area contributed by atoms with Crippen molar-refractivity contribution < 1.29 is 19.1 Å². The molecule has 0 aromatic heterocycles. The number of hydrogen-bond donors (Lipinski definition) is 2. The average Bonchev–Trinajstić information content (AvgIpc) is 2.62. The Bertz CT molecular complexity index is 809. The van der Waals surface area contributed by atoms with Crippen LogP contribution in [0.15, 0.2) is 48.5 Å². The largest absolute Gasteiger partial charge is 0.497 e. The fraction of sp³-hybridized carbons (Fsp3) is 0.250. The fourth-order valence-electron chi connectivity index (χ4n) is 2.14. The van der Waals surface area contributed by atoms with E-state index in [0.717, 1.165) is 0 Å². The van der Waals surface area contributed by atoms with E-state index in [4.69, 9.17) is 4.74 Å². The van der Waals surface area contributed by atoms with Crippen molar-refractivity contribution in [2.75, 3.05) is 17.7 Å². The summed E-state index contributed by atoms with van der Waals surface area (Å²) in [5.41, 5.74) is 0.353. The molecule has 0 spiro atoms. The maximum absolute atomic E-state index is 12.5. The molecule has 2 rings (SSSR count). The third-order valence-corrected chi connectivity index (χ3v) is 4.03. The van der Waals surface area contributed by atoms with Crippen LogP contribution in [0.2, 0.25) is 0 Å². The lowest BCUT2D eigenvalue weighted by Gasteiger charge is -2.23. The zero-order valence-corrected chi connectivity index (χ0v) is 15.3. The van der Waals surface area contributed by atoms with Crippen LogP contribution < -0.4 is 15.4 Å². The topological polar surface area (TPSA) is 84.5 Å². The summed E-state index contributed by atoms with van der Waals surface area (Å²) < 4.78 is 5.07. The van der Waals surface area contributed by atoms with Crippen molar-refractivity contribution in [3.05, 3.63) is 54.1 Å². The first-order chi connectivity index (χ1) is 12.2. The molecule has 6 nitrogen and oxygen atoms in total. The molecule has 0 atom stereocenters. The summed E-state index contributed by atoms with van der Waals surface area (Å²) in [4.78, 5) is 36.3. The quantitative estimate of drug-likeness (QED) is 0.614. The molecular formula is C20H22N2O4. The van der Waals surface area contributed by atoms with Gasteiger partial charge in [0.05, 0.1) is 7.11 Å². The van der Waals surface area contributed by atoms with Gasteiger partial charge in [-0.15, -0.1) is 0 Å². The SMILES string of the molecule is COc1ccc(NC(=O)C(C)(C)C(=O)Nc2ccc(C(C)=O)cc2)cc1. The van der Waals surface area contributed by atoms with Gasteiger partial charge < -0.3 is 15.4 Å². The number of carbonyl (C=O) groups excluding carboxylic acids is 3. The number of amides is 2. The summed E-state index contributed by atoms with van der Waals surface area (Å²) in [7, 11) is 1.56. The van der Waals surface area contributed by atoms with E-state index in [0.29, 0.717) is 22.7 Å². The van der Waals surface area contributed by atoms with Crippen molar-refractivity contribution in [1.29, 1.82) is 0 Å². The minimum atomic E-state index is -1.29. The van der Waals surface area contributed by atoms with E-state index in [-0.39, 0.29) is 5.78 Å². The Morgan fingerprint density at radius 2 is 1.23 bits per heavy atom. The number of nitrogens with one attached hydrogen (secondary N) is 2. The molecule has 0 fully saturated rings. The van der Waals surface area contributed by atoms with Crippen LogP contribution in [0.3, 0.4) is 0 Å². The van der Waals surface area contributed by atoms with Crippen molar-refractivity contribution in [1.82, 2.24) is 0 Å². The first-order valence-electron chi connectivity index (χ1n) is 8.12. The zero-order valence-electron chi connectivity index (χ0n) is 15.3. The van der Waals surface area contributed by atoms with E-state index in [1.54, 1.807) is 69.5 Å². The molecule has 136 valence electrons. The maximum atomic E-state index is 12.5. The van der Waals surface area contributed by atoms with Crippen LogP contribution in [0.5, 0.6) is 5.75 Å². The molecule has 0 saturated heterocycles. The van der Waals surface area contributed by atoms with Gasteiger partial charge in [0.25, 0.3) is 0 Å². The van der Waals surface area contributed by atoms with Crippen LogP contribution in [0.4, 0.5) is 11.4 Å². The van der Waals surface area contributed by atoms with Crippen LogP contribution in [-0.2, 0) is 9.59 Å². The highest BCUT2D eigenvalue weighted by Crippen LogP contribution is 2.23. The highest BCUT2D eigenvalue weighted by atomic mass is 16.5. The second kappa shape index (κ2) is 7.82. The number of ketones is 1. The van der Waals surface area contributed by atoms with Crippen molar-refractivity contribution in [2.45, 2.75) is 20.8 Å². The second-order valence-corrected chi connectivity index (χ2v) is 6.40. The predicted octanol–water partition coefficient (Wildman–Crippen LogP) is 3.50. The van der Waals surface area contributed by atoms with Crippen molar-refractivity contribution >= 4 is 29.0 Å². The van der Waals surface area contributed by atoms with Gasteiger partial charge in [0.15, 0.2) is 5.78 Å². The Labute approximate surface area is 152 Å². The van der Waals surface area contributed by atoms with Crippen molar-refractivity contribution in [2.24, 2.45) is 5.41 Å². The molecule has 0 aliphatic carbocycles. The lowest BCUT2D eigenvalue weighted by Crippen LogP contribution is -2.41. The highest BCUT2D eigenvalue weighted by Gasteiger charge is 2.36. The Kier molecular flexibility index (Phi) is 5.77. The van der Waals surface area contributed by atoms with Crippen LogP contribution in [0, 0.1) is 5.41 Å². The number of methoxy groups -OCH3 is 1. The van der Waals surface area contributed by atoms with E-state index < -0.39 is 17.2 Å². The number of benzene rings is 2. The van der Waals surface area contributed by atoms with Gasteiger partial charge in [-0.25, -0.2) is 0 Å². The predicted molar refractivity (Wildman–Crippen MR) is 100 cm³/mol. The molecule has 0 unspecified atom stereocenters. The Morgan fingerprint density at radius 1 is 0.808 bits per heavy atom. The number of rotatable bonds is 6. The minimum absolute atomic E-state index is 0.0536. The summed E-state index contributed by atoms with van der Waals surface area (Å²) in [6, 6.07) is 13.4. The van der Waals surface area contributed by atoms with E-state index in [9.17, 15) is 14.4 Å². The van der Waals surface area contributed by atoms with Gasteiger partial charge in [0.1, 0.15) is 11.2 Å². The van der Waals surface area contributed by atoms with E-state index in [2.05, 4.69) is 10.6 Å². The third kappa shape index (κ3) is 4.47. The molecule has 0 bridgehead atoms. The number of carbonyl (C=O) groups is 3. The summed E-state index contributed by atoms with van der Waals surface area (Å²) in [5.74, 6) is -0.254. The molecule has 26 heavy (non-hydrogen) atoms. The first-order valence-corrected chi connectivity index (χ1v) is 8.12. The van der Waals surface area contributed by atoms with Crippen LogP contribution in [0.25, 0.3) is 0 Å². The molecule has 0 aliphatic heterocycles. The average molecular weight is 354 g/mol. The van der Waals surface area contributed by atoms with Gasteiger partial charge >= 0.3 is 0 Å². The fourth-order valence-corrected chi connectivity index (χ4v) is 2.14. The van der Waals surface area contributed by atoms with Crippen LogP contribution >= 0.6 is 0 Å². The standard InChI is InChI=1S/C20H22N2O4/c1-13(23)14-5-7-15(8-6-14)21-18(24)20(2,3)19(25)22-16-9-11-17(26-4)12-10-16/h5-12H,1-4H3,(H,21,24)(H,22,25). The Hall–Kier alpha value is -3.15. The summed E-state index contributed by atoms with van der Waals surface area (Å²) in [6.07, 6.45) is 0. The molecule has 0 aliphatic rings. The normalized spacial score (nSPS) is 10.8. The number of ether oxygens (including phenoxy) is 1. The summed E-state index contributed by atoms with van der Waals surface area (Å²) in [5, 5.41) is 5.43. The second-order valence-electron chi connectivity index (χ2n) is 6.40. The molecule has 2 N–H and O–H groups in total. The molecule has 2 amide bonds. The summed E-state index contributed by atoms with van der Waals surface area (Å²) >= 11 is 0. The molecule has 6 heteroatoms. The van der Waals surface area contributed by atoms with Crippen LogP contribution in [0.1, 0.15) is 31.1 Å². The van der Waals surface area contributed by atoms with Gasteiger partial charge in [0, 0.05) is 16.9 Å². The molecule has 0 saturated carbocycles. The van der Waals surface area contributed by atoms with Gasteiger partial charge in [-0.2, -0.15) is 0 Å². The maximum Gasteiger partial charge on any atom is 0.239 e. The highest BCUT2D eigenvalue weighted by molar-refractivity contribution is 6.14. The molecule has 0 heterocycles. The van der Waals surface area contributed by atoms with E-state index >= 15 is 0 Å². The lowest BCUT2D eigenvalue weighted by molar-refractivity contribution is -0.135. The minimum Gasteiger partial charge on any atom is -0.497 e. The monoisotopic (exact) mass is 354 g/mol. The van der Waals surface area contributed by atoms with Gasteiger partial charge in [-0.1, -0.05) is 0 Å². The Morgan fingerprint density at radius 3 is 1.62 bits per heavy atom. The van der Waals surface area contributed by atoms with Gasteiger partial charge in [0.2, 0.25) is 11.8 Å². The number of Topliss-reactive ketones (excluding diaryl/α,β-unsaturated/α-hetero) is 1. The molecular weight excluding hydrogens is 332 g/mol. The van der Waals surface area contributed by atoms with E-state index in [1.165, 1.54) is 6.92 Å². The van der Waals surface area contributed by atoms with Gasteiger partial charge in [-0.3, -0.25) is 14.4 Å². The number of hydrogen-bond acceptors (Lipinski definition) is 4. The molecule has 0 radical (unpaired) electrons. The smallest absolute Gasteiger partial charge is 0.239 e.